The lowest BCUT2D eigenvalue weighted by Crippen LogP contribution is -2.37. The predicted octanol–water partition coefficient (Wildman–Crippen LogP) is 4.25. The monoisotopic (exact) mass is 420 g/mol. The number of nitriles is 1. The minimum Gasteiger partial charge on any atom is -0.477 e. The minimum absolute atomic E-state index is 0.156. The molecule has 0 aliphatic carbocycles. The number of amides is 1. The van der Waals surface area contributed by atoms with Crippen LogP contribution in [0.15, 0.2) is 48.5 Å². The molecule has 28 heavy (non-hydrogen) atoms. The Morgan fingerprint density at radius 3 is 2.54 bits per heavy atom. The number of hydrogen-bond donors (Lipinski definition) is 0. The molecule has 0 bridgehead atoms. The molecule has 0 fully saturated rings. The number of anilines is 1. The van der Waals surface area contributed by atoms with Crippen LogP contribution < -0.4 is 9.64 Å². The third kappa shape index (κ3) is 6.15. The summed E-state index contributed by atoms with van der Waals surface area (Å²) >= 11 is 11.8. The molecule has 0 saturated heterocycles. The standard InChI is InChI=1S/C20H18Cl2N2O4/c1-14(28-18-9-8-15(21)12-17(18)22)20(26)27-13-19(25)24(11-5-10-23)16-6-3-2-4-7-16/h2-4,6-9,12,14H,5,11,13H2,1H3. The van der Waals surface area contributed by atoms with Gasteiger partial charge in [-0.15, -0.1) is 0 Å². The Morgan fingerprint density at radius 2 is 1.89 bits per heavy atom. The SMILES string of the molecule is CC(Oc1ccc(Cl)cc1Cl)C(=O)OCC(=O)N(CCC#N)c1ccccc1. The van der Waals surface area contributed by atoms with Gasteiger partial charge in [0.15, 0.2) is 12.7 Å². The minimum atomic E-state index is -0.976. The number of ether oxygens (including phenoxy) is 2. The van der Waals surface area contributed by atoms with Crippen LogP contribution in [0.25, 0.3) is 0 Å². The van der Waals surface area contributed by atoms with Crippen LogP contribution in [0.3, 0.4) is 0 Å². The van der Waals surface area contributed by atoms with Crippen molar-refractivity contribution in [2.75, 3.05) is 18.1 Å². The maximum atomic E-state index is 12.5. The highest BCUT2D eigenvalue weighted by atomic mass is 35.5. The largest absolute Gasteiger partial charge is 0.477 e. The van der Waals surface area contributed by atoms with Crippen LogP contribution >= 0.6 is 23.2 Å². The highest BCUT2D eigenvalue weighted by Gasteiger charge is 2.22. The maximum absolute atomic E-state index is 12.5. The van der Waals surface area contributed by atoms with Crippen molar-refractivity contribution in [1.82, 2.24) is 0 Å². The average molecular weight is 421 g/mol. The van der Waals surface area contributed by atoms with E-state index < -0.39 is 24.6 Å². The number of esters is 1. The lowest BCUT2D eigenvalue weighted by Gasteiger charge is -2.22. The molecule has 146 valence electrons. The van der Waals surface area contributed by atoms with Crippen molar-refractivity contribution in [1.29, 1.82) is 5.26 Å². The first-order valence-corrected chi connectivity index (χ1v) is 9.18. The van der Waals surface area contributed by atoms with Gasteiger partial charge in [-0.2, -0.15) is 5.26 Å². The molecule has 1 unspecified atom stereocenters. The van der Waals surface area contributed by atoms with Gasteiger partial charge >= 0.3 is 5.97 Å². The second-order valence-electron chi connectivity index (χ2n) is 5.73. The molecule has 2 aromatic carbocycles. The molecular weight excluding hydrogens is 403 g/mol. The molecule has 1 atom stereocenters. The van der Waals surface area contributed by atoms with Crippen LogP contribution in [0.1, 0.15) is 13.3 Å². The summed E-state index contributed by atoms with van der Waals surface area (Å²) in [6.07, 6.45) is -0.820. The van der Waals surface area contributed by atoms with Crippen molar-refractivity contribution < 1.29 is 19.1 Å². The highest BCUT2D eigenvalue weighted by Crippen LogP contribution is 2.28. The first-order valence-electron chi connectivity index (χ1n) is 8.43. The second kappa shape index (κ2) is 10.5. The van der Waals surface area contributed by atoms with Gasteiger partial charge in [-0.05, 0) is 37.3 Å². The van der Waals surface area contributed by atoms with Crippen molar-refractivity contribution in [3.05, 3.63) is 58.6 Å². The Balaban J connectivity index is 1.95. The Morgan fingerprint density at radius 1 is 1.18 bits per heavy atom. The number of rotatable bonds is 8. The van der Waals surface area contributed by atoms with Crippen LogP contribution in [-0.2, 0) is 14.3 Å². The summed E-state index contributed by atoms with van der Waals surface area (Å²) < 4.78 is 10.5. The number of benzene rings is 2. The van der Waals surface area contributed by atoms with Crippen LogP contribution in [0, 0.1) is 11.3 Å². The molecule has 0 N–H and O–H groups in total. The normalized spacial score (nSPS) is 11.2. The molecule has 2 aromatic rings. The highest BCUT2D eigenvalue weighted by molar-refractivity contribution is 6.35. The molecule has 8 heteroatoms. The fourth-order valence-corrected chi connectivity index (χ4v) is 2.76. The zero-order chi connectivity index (χ0) is 20.5. The van der Waals surface area contributed by atoms with E-state index in [1.807, 2.05) is 12.1 Å². The Labute approximate surface area is 173 Å². The molecule has 0 saturated carbocycles. The van der Waals surface area contributed by atoms with E-state index in [-0.39, 0.29) is 23.7 Å². The van der Waals surface area contributed by atoms with Crippen LogP contribution in [-0.4, -0.2) is 31.1 Å². The van der Waals surface area contributed by atoms with E-state index in [4.69, 9.17) is 37.9 Å². The summed E-state index contributed by atoms with van der Waals surface area (Å²) in [5, 5.41) is 9.51. The van der Waals surface area contributed by atoms with Gasteiger partial charge in [-0.25, -0.2) is 4.79 Å². The van der Waals surface area contributed by atoms with E-state index in [0.29, 0.717) is 10.7 Å². The van der Waals surface area contributed by atoms with Crippen molar-refractivity contribution in [2.24, 2.45) is 0 Å². The molecule has 6 nitrogen and oxygen atoms in total. The number of halogens is 2. The molecule has 0 aliphatic heterocycles. The molecule has 0 radical (unpaired) electrons. The fourth-order valence-electron chi connectivity index (χ4n) is 2.31. The van der Waals surface area contributed by atoms with Crippen LogP contribution in [0.5, 0.6) is 5.75 Å². The number of para-hydroxylation sites is 1. The average Bonchev–Trinajstić information content (AvgIpc) is 2.69. The number of carbonyl (C=O) groups excluding carboxylic acids is 2. The van der Waals surface area contributed by atoms with Crippen molar-refractivity contribution >= 4 is 40.8 Å². The van der Waals surface area contributed by atoms with Gasteiger partial charge in [-0.3, -0.25) is 4.79 Å². The summed E-state index contributed by atoms with van der Waals surface area (Å²) in [5.41, 5.74) is 0.621. The van der Waals surface area contributed by atoms with E-state index in [1.165, 1.54) is 17.9 Å². The molecule has 0 aromatic heterocycles. The lowest BCUT2D eigenvalue weighted by molar-refractivity contribution is -0.154. The van der Waals surface area contributed by atoms with Crippen molar-refractivity contribution in [3.8, 4) is 11.8 Å². The topological polar surface area (TPSA) is 79.6 Å². The molecule has 1 amide bonds. The number of nitrogens with zero attached hydrogens (tertiary/aromatic N) is 2. The van der Waals surface area contributed by atoms with E-state index in [1.54, 1.807) is 36.4 Å². The smallest absolute Gasteiger partial charge is 0.347 e. The number of carbonyl (C=O) groups is 2. The molecular formula is C20H18Cl2N2O4. The fraction of sp³-hybridized carbons (Fsp3) is 0.250. The van der Waals surface area contributed by atoms with E-state index in [9.17, 15) is 9.59 Å². The van der Waals surface area contributed by atoms with E-state index in [0.717, 1.165) is 0 Å². The summed E-state index contributed by atoms with van der Waals surface area (Å²) in [6.45, 7) is 1.22. The maximum Gasteiger partial charge on any atom is 0.347 e. The van der Waals surface area contributed by atoms with Crippen molar-refractivity contribution in [2.45, 2.75) is 19.4 Å². The molecule has 0 spiro atoms. The van der Waals surface area contributed by atoms with Gasteiger partial charge in [0.25, 0.3) is 5.91 Å². The third-order valence-corrected chi connectivity index (χ3v) is 4.21. The zero-order valence-electron chi connectivity index (χ0n) is 15.1. The van der Waals surface area contributed by atoms with Gasteiger partial charge in [0.2, 0.25) is 0 Å². The molecule has 0 heterocycles. The first-order chi connectivity index (χ1) is 13.4. The van der Waals surface area contributed by atoms with Crippen molar-refractivity contribution in [3.63, 3.8) is 0 Å². The quantitative estimate of drug-likeness (QED) is 0.596. The van der Waals surface area contributed by atoms with E-state index in [2.05, 4.69) is 0 Å². The third-order valence-electron chi connectivity index (χ3n) is 3.68. The van der Waals surface area contributed by atoms with Gasteiger partial charge < -0.3 is 14.4 Å². The van der Waals surface area contributed by atoms with Gasteiger partial charge in [0, 0.05) is 17.3 Å². The summed E-state index contributed by atoms with van der Waals surface area (Å²) in [4.78, 5) is 26.1. The van der Waals surface area contributed by atoms with Gasteiger partial charge in [0.05, 0.1) is 17.5 Å². The van der Waals surface area contributed by atoms with E-state index >= 15 is 0 Å². The summed E-state index contributed by atoms with van der Waals surface area (Å²) in [7, 11) is 0. The molecule has 2 rings (SSSR count). The van der Waals surface area contributed by atoms with Gasteiger partial charge in [-0.1, -0.05) is 41.4 Å². The summed E-state index contributed by atoms with van der Waals surface area (Å²) in [5.74, 6) is -0.874. The number of hydrogen-bond acceptors (Lipinski definition) is 5. The second-order valence-corrected chi connectivity index (χ2v) is 6.58. The lowest BCUT2D eigenvalue weighted by atomic mass is 10.2. The predicted molar refractivity (Wildman–Crippen MR) is 107 cm³/mol. The van der Waals surface area contributed by atoms with Crippen LogP contribution in [0.2, 0.25) is 10.0 Å². The Bertz CT molecular complexity index is 868. The Kier molecular flexibility index (Phi) is 8.12. The Hall–Kier alpha value is -2.75. The molecule has 0 aliphatic rings. The zero-order valence-corrected chi connectivity index (χ0v) is 16.6. The first kappa shape index (κ1) is 21.5. The van der Waals surface area contributed by atoms with Crippen LogP contribution in [0.4, 0.5) is 5.69 Å². The summed E-state index contributed by atoms with van der Waals surface area (Å²) in [6, 6.07) is 15.5. The van der Waals surface area contributed by atoms with Gasteiger partial charge in [0.1, 0.15) is 5.75 Å².